The number of fused-ring (bicyclic) bond motifs is 1. The maximum atomic E-state index is 4.95. The average molecular weight is 444 g/mol. The van der Waals surface area contributed by atoms with Gasteiger partial charge in [-0.3, -0.25) is 4.99 Å². The van der Waals surface area contributed by atoms with Crippen LogP contribution in [-0.4, -0.2) is 62.4 Å². The van der Waals surface area contributed by atoms with Gasteiger partial charge < -0.3 is 10.2 Å². The first kappa shape index (κ1) is 21.8. The first-order chi connectivity index (χ1) is 16.3. The lowest BCUT2D eigenvalue weighted by molar-refractivity contribution is 0.228. The van der Waals surface area contributed by atoms with Crippen molar-refractivity contribution >= 4 is 17.2 Å². The minimum Gasteiger partial charge on any atom is -0.354 e. The van der Waals surface area contributed by atoms with Gasteiger partial charge in [-0.15, -0.1) is 0 Å². The van der Waals surface area contributed by atoms with E-state index in [-0.39, 0.29) is 6.04 Å². The molecule has 0 spiro atoms. The molecule has 1 atom stereocenters. The number of aliphatic imine (C=N–C) groups is 1. The van der Waals surface area contributed by atoms with Crippen molar-refractivity contribution in [3.8, 4) is 11.3 Å². The van der Waals surface area contributed by atoms with Crippen LogP contribution in [0, 0.1) is 0 Å². The zero-order valence-corrected chi connectivity index (χ0v) is 19.5. The molecule has 0 amide bonds. The Labute approximate surface area is 195 Å². The van der Waals surface area contributed by atoms with E-state index in [1.54, 1.807) is 0 Å². The predicted molar refractivity (Wildman–Crippen MR) is 134 cm³/mol. The number of nitrogens with one attached hydrogen (secondary N) is 1. The molecule has 2 aliphatic heterocycles. The summed E-state index contributed by atoms with van der Waals surface area (Å²) in [5.41, 5.74) is 4.70. The van der Waals surface area contributed by atoms with Gasteiger partial charge >= 0.3 is 0 Å². The molecule has 7 nitrogen and oxygen atoms in total. The number of nitrogens with zero attached hydrogens (tertiary/aromatic N) is 6. The van der Waals surface area contributed by atoms with Crippen molar-refractivity contribution in [3.05, 3.63) is 54.5 Å². The number of hydrogen-bond donors (Lipinski definition) is 1. The van der Waals surface area contributed by atoms with Crippen molar-refractivity contribution in [2.45, 2.75) is 51.5 Å². The topological polar surface area (TPSA) is 70.7 Å². The van der Waals surface area contributed by atoms with Crippen LogP contribution in [0.1, 0.15) is 51.1 Å². The van der Waals surface area contributed by atoms with Gasteiger partial charge in [0.2, 0.25) is 5.95 Å². The second-order valence-electron chi connectivity index (χ2n) is 9.05. The average Bonchev–Trinajstić information content (AvgIpc) is 3.10. The monoisotopic (exact) mass is 443 g/mol. The van der Waals surface area contributed by atoms with Crippen molar-refractivity contribution in [1.82, 2.24) is 24.5 Å². The van der Waals surface area contributed by atoms with Gasteiger partial charge in [0.1, 0.15) is 5.69 Å². The summed E-state index contributed by atoms with van der Waals surface area (Å²) in [4.78, 5) is 16.9. The molecule has 3 aromatic rings. The fourth-order valence-corrected chi connectivity index (χ4v) is 4.72. The van der Waals surface area contributed by atoms with Gasteiger partial charge in [0.05, 0.1) is 22.5 Å². The Morgan fingerprint density at radius 3 is 2.94 bits per heavy atom. The number of pyridine rings is 1. The van der Waals surface area contributed by atoms with E-state index >= 15 is 0 Å². The summed E-state index contributed by atoms with van der Waals surface area (Å²) in [5, 5.41) is 8.32. The normalized spacial score (nSPS) is 19.4. The van der Waals surface area contributed by atoms with E-state index in [0.29, 0.717) is 5.95 Å². The standard InChI is InChI=1S/C26H33N7/c1-20-10-3-4-11-22(29-20)25-24(23-12-5-8-19-33(23)31-25)21-13-15-28-26(30-21)27-14-9-18-32-16-6-2-7-17-32/h4-5,8,11-13,15,19-20H,2-3,6-7,9-10,14,16-18H2,1H3,(H,27,28,30). The first-order valence-electron chi connectivity index (χ1n) is 12.3. The number of hydrogen-bond acceptors (Lipinski definition) is 6. The largest absolute Gasteiger partial charge is 0.354 e. The molecule has 172 valence electrons. The van der Waals surface area contributed by atoms with E-state index in [0.717, 1.165) is 60.5 Å². The van der Waals surface area contributed by atoms with Crippen LogP contribution in [0.5, 0.6) is 0 Å². The minimum absolute atomic E-state index is 0.273. The van der Waals surface area contributed by atoms with E-state index < -0.39 is 0 Å². The Morgan fingerprint density at radius 2 is 2.03 bits per heavy atom. The van der Waals surface area contributed by atoms with Crippen molar-refractivity contribution in [2.24, 2.45) is 4.99 Å². The molecular formula is C26H33N7. The highest BCUT2D eigenvalue weighted by atomic mass is 15.2. The molecule has 0 saturated carbocycles. The Balaban J connectivity index is 1.39. The lowest BCUT2D eigenvalue weighted by Gasteiger charge is -2.26. The molecule has 1 N–H and O–H groups in total. The minimum atomic E-state index is 0.273. The van der Waals surface area contributed by atoms with E-state index in [2.05, 4.69) is 40.3 Å². The van der Waals surface area contributed by atoms with Crippen LogP contribution >= 0.6 is 0 Å². The smallest absolute Gasteiger partial charge is 0.223 e. The third-order valence-corrected chi connectivity index (χ3v) is 6.46. The van der Waals surface area contributed by atoms with E-state index in [9.17, 15) is 0 Å². The van der Waals surface area contributed by atoms with Crippen molar-refractivity contribution in [1.29, 1.82) is 0 Å². The molecule has 33 heavy (non-hydrogen) atoms. The Kier molecular flexibility index (Phi) is 6.76. The zero-order chi connectivity index (χ0) is 22.5. The molecule has 0 bridgehead atoms. The molecule has 0 aromatic carbocycles. The van der Waals surface area contributed by atoms with E-state index in [1.165, 1.54) is 32.4 Å². The Morgan fingerprint density at radius 1 is 1.12 bits per heavy atom. The second kappa shape index (κ2) is 10.3. The SMILES string of the molecule is CC1CCC=CC(c2nn3ccccc3c2-c2ccnc(NCCCN3CCCCC3)n2)=N1. The molecular weight excluding hydrogens is 410 g/mol. The van der Waals surface area contributed by atoms with Crippen LogP contribution in [-0.2, 0) is 0 Å². The molecule has 7 heteroatoms. The summed E-state index contributed by atoms with van der Waals surface area (Å²) in [5.74, 6) is 0.666. The van der Waals surface area contributed by atoms with Crippen LogP contribution in [0.3, 0.4) is 0 Å². The third kappa shape index (κ3) is 5.14. The maximum Gasteiger partial charge on any atom is 0.223 e. The highest BCUT2D eigenvalue weighted by Crippen LogP contribution is 2.29. The van der Waals surface area contributed by atoms with Crippen LogP contribution in [0.2, 0.25) is 0 Å². The molecule has 1 unspecified atom stereocenters. The van der Waals surface area contributed by atoms with Gasteiger partial charge in [0.25, 0.3) is 0 Å². The zero-order valence-electron chi connectivity index (χ0n) is 19.5. The number of aromatic nitrogens is 4. The van der Waals surface area contributed by atoms with Gasteiger partial charge in [-0.05, 0) is 82.9 Å². The van der Waals surface area contributed by atoms with Crippen molar-refractivity contribution in [2.75, 3.05) is 31.5 Å². The molecule has 1 saturated heterocycles. The number of allylic oxidation sites excluding steroid dienone is 2. The number of rotatable bonds is 7. The summed E-state index contributed by atoms with van der Waals surface area (Å²) in [6.45, 7) is 6.64. The van der Waals surface area contributed by atoms with Crippen LogP contribution < -0.4 is 5.32 Å². The highest BCUT2D eigenvalue weighted by Gasteiger charge is 2.21. The highest BCUT2D eigenvalue weighted by molar-refractivity contribution is 6.13. The summed E-state index contributed by atoms with van der Waals surface area (Å²) in [6, 6.07) is 8.37. The second-order valence-corrected chi connectivity index (χ2v) is 9.05. The van der Waals surface area contributed by atoms with Gasteiger partial charge in [-0.1, -0.05) is 18.6 Å². The first-order valence-corrected chi connectivity index (χ1v) is 12.3. The van der Waals surface area contributed by atoms with E-state index in [4.69, 9.17) is 15.1 Å². The van der Waals surface area contributed by atoms with Crippen molar-refractivity contribution < 1.29 is 0 Å². The van der Waals surface area contributed by atoms with Crippen LogP contribution in [0.4, 0.5) is 5.95 Å². The predicted octanol–water partition coefficient (Wildman–Crippen LogP) is 4.61. The number of anilines is 1. The molecule has 0 radical (unpaired) electrons. The summed E-state index contributed by atoms with van der Waals surface area (Å²) >= 11 is 0. The third-order valence-electron chi connectivity index (χ3n) is 6.46. The lowest BCUT2D eigenvalue weighted by Crippen LogP contribution is -2.31. The van der Waals surface area contributed by atoms with Gasteiger partial charge in [-0.25, -0.2) is 14.5 Å². The summed E-state index contributed by atoms with van der Waals surface area (Å²) < 4.78 is 1.92. The Hall–Kier alpha value is -3.06. The molecule has 0 aliphatic carbocycles. The van der Waals surface area contributed by atoms with Gasteiger partial charge in [0.15, 0.2) is 0 Å². The van der Waals surface area contributed by atoms with Crippen LogP contribution in [0.25, 0.3) is 16.8 Å². The number of piperidine rings is 1. The van der Waals surface area contributed by atoms with Crippen LogP contribution in [0.15, 0.2) is 53.8 Å². The summed E-state index contributed by atoms with van der Waals surface area (Å²) in [6.07, 6.45) is 15.3. The molecule has 5 rings (SSSR count). The fourth-order valence-electron chi connectivity index (χ4n) is 4.72. The lowest BCUT2D eigenvalue weighted by atomic mass is 10.1. The number of likely N-dealkylation sites (tertiary alicyclic amines) is 1. The molecule has 5 heterocycles. The summed E-state index contributed by atoms with van der Waals surface area (Å²) in [7, 11) is 0. The molecule has 1 fully saturated rings. The quantitative estimate of drug-likeness (QED) is 0.540. The molecule has 2 aliphatic rings. The van der Waals surface area contributed by atoms with Crippen molar-refractivity contribution in [3.63, 3.8) is 0 Å². The molecule has 3 aromatic heterocycles. The van der Waals surface area contributed by atoms with E-state index in [1.807, 2.05) is 35.1 Å². The van der Waals surface area contributed by atoms with Gasteiger partial charge in [0, 0.05) is 25.0 Å². The maximum absolute atomic E-state index is 4.95. The Bertz CT molecular complexity index is 1140. The van der Waals surface area contributed by atoms with Gasteiger partial charge in [-0.2, -0.15) is 5.10 Å². The fraction of sp³-hybridized carbons (Fsp3) is 0.462.